The monoisotopic (exact) mass is 372 g/mol. The third kappa shape index (κ3) is 3.68. The fraction of sp³-hybridized carbons (Fsp3) is 0.263. The molecule has 0 saturated carbocycles. The van der Waals surface area contributed by atoms with Crippen molar-refractivity contribution in [3.8, 4) is 0 Å². The van der Waals surface area contributed by atoms with Crippen LogP contribution in [-0.4, -0.2) is 37.5 Å². The van der Waals surface area contributed by atoms with Crippen molar-refractivity contribution < 1.29 is 18.0 Å². The maximum Gasteiger partial charge on any atom is 0.249 e. The number of hydrogen-bond acceptors (Lipinski definition) is 4. The van der Waals surface area contributed by atoms with Crippen LogP contribution in [0.2, 0.25) is 0 Å². The first-order chi connectivity index (χ1) is 12.4. The van der Waals surface area contributed by atoms with E-state index in [-0.39, 0.29) is 22.7 Å². The maximum absolute atomic E-state index is 12.7. The van der Waals surface area contributed by atoms with Crippen LogP contribution in [0.3, 0.4) is 0 Å². The highest BCUT2D eigenvalue weighted by Crippen LogP contribution is 2.24. The molecule has 2 aromatic rings. The minimum Gasteiger partial charge on any atom is -0.366 e. The van der Waals surface area contributed by atoms with Crippen molar-refractivity contribution in [2.75, 3.05) is 13.1 Å². The average molecular weight is 372 g/mol. The lowest BCUT2D eigenvalue weighted by Crippen LogP contribution is -2.28. The van der Waals surface area contributed by atoms with Crippen LogP contribution in [0.4, 0.5) is 0 Å². The van der Waals surface area contributed by atoms with E-state index in [9.17, 15) is 18.0 Å². The van der Waals surface area contributed by atoms with Gasteiger partial charge >= 0.3 is 0 Å². The zero-order valence-corrected chi connectivity index (χ0v) is 15.0. The number of amides is 1. The predicted molar refractivity (Wildman–Crippen MR) is 97.4 cm³/mol. The number of sulfonamides is 1. The smallest absolute Gasteiger partial charge is 0.249 e. The lowest BCUT2D eigenvalue weighted by molar-refractivity contribution is 0.0991. The molecule has 1 aliphatic heterocycles. The SMILES string of the molecule is NC(=O)c1cc(S(=O)(=O)N2CCCC2)ccc1CC(=O)c1ccccc1. The van der Waals surface area contributed by atoms with Crippen LogP contribution >= 0.6 is 0 Å². The molecule has 1 fully saturated rings. The zero-order chi connectivity index (χ0) is 18.7. The van der Waals surface area contributed by atoms with Crippen molar-refractivity contribution >= 4 is 21.7 Å². The van der Waals surface area contributed by atoms with Crippen molar-refractivity contribution in [3.05, 3.63) is 65.2 Å². The number of carbonyl (C=O) groups excluding carboxylic acids is 2. The molecule has 0 radical (unpaired) electrons. The van der Waals surface area contributed by atoms with Crippen LogP contribution in [0.15, 0.2) is 53.4 Å². The summed E-state index contributed by atoms with van der Waals surface area (Å²) in [6.07, 6.45) is 1.63. The van der Waals surface area contributed by atoms with Crippen molar-refractivity contribution in [1.82, 2.24) is 4.31 Å². The Kier molecular flexibility index (Phi) is 5.20. The molecular weight excluding hydrogens is 352 g/mol. The normalized spacial score (nSPS) is 15.1. The maximum atomic E-state index is 12.7. The molecule has 0 spiro atoms. The van der Waals surface area contributed by atoms with Gasteiger partial charge in [-0.3, -0.25) is 9.59 Å². The number of benzene rings is 2. The largest absolute Gasteiger partial charge is 0.366 e. The highest BCUT2D eigenvalue weighted by Gasteiger charge is 2.28. The molecule has 0 bridgehead atoms. The minimum atomic E-state index is -3.65. The van der Waals surface area contributed by atoms with Gasteiger partial charge in [0.15, 0.2) is 5.78 Å². The Bertz CT molecular complexity index is 933. The standard InChI is InChI=1S/C19H20N2O4S/c20-19(23)17-13-16(26(24,25)21-10-4-5-11-21)9-8-15(17)12-18(22)14-6-2-1-3-7-14/h1-3,6-9,13H,4-5,10-12H2,(H2,20,23). The average Bonchev–Trinajstić information content (AvgIpc) is 3.18. The summed E-state index contributed by atoms with van der Waals surface area (Å²) in [7, 11) is -3.65. The molecule has 7 heteroatoms. The van der Waals surface area contributed by atoms with Gasteiger partial charge in [0.25, 0.3) is 0 Å². The lowest BCUT2D eigenvalue weighted by Gasteiger charge is -2.17. The van der Waals surface area contributed by atoms with Gasteiger partial charge in [-0.15, -0.1) is 0 Å². The number of ketones is 1. The van der Waals surface area contributed by atoms with Gasteiger partial charge < -0.3 is 5.73 Å². The summed E-state index contributed by atoms with van der Waals surface area (Å²) in [5.74, 6) is -0.914. The van der Waals surface area contributed by atoms with E-state index in [2.05, 4.69) is 0 Å². The van der Waals surface area contributed by atoms with E-state index >= 15 is 0 Å². The summed E-state index contributed by atoms with van der Waals surface area (Å²) in [4.78, 5) is 24.3. The van der Waals surface area contributed by atoms with E-state index in [1.54, 1.807) is 24.3 Å². The van der Waals surface area contributed by atoms with Gasteiger partial charge in [0.2, 0.25) is 15.9 Å². The number of primary amides is 1. The van der Waals surface area contributed by atoms with Crippen molar-refractivity contribution in [3.63, 3.8) is 0 Å². The van der Waals surface area contributed by atoms with Gasteiger partial charge in [-0.25, -0.2) is 8.42 Å². The molecule has 0 atom stereocenters. The molecule has 2 aromatic carbocycles. The summed E-state index contributed by atoms with van der Waals surface area (Å²) < 4.78 is 26.7. The summed E-state index contributed by atoms with van der Waals surface area (Å²) >= 11 is 0. The molecule has 1 heterocycles. The van der Waals surface area contributed by atoms with E-state index < -0.39 is 15.9 Å². The Hall–Kier alpha value is -2.51. The topological polar surface area (TPSA) is 97.5 Å². The predicted octanol–water partition coefficient (Wildman–Crippen LogP) is 2.00. The summed E-state index contributed by atoms with van der Waals surface area (Å²) in [5, 5.41) is 0. The number of hydrogen-bond donors (Lipinski definition) is 1. The third-order valence-electron chi connectivity index (χ3n) is 4.50. The van der Waals surface area contributed by atoms with E-state index in [0.717, 1.165) is 12.8 Å². The first-order valence-corrected chi connectivity index (χ1v) is 9.85. The molecule has 1 saturated heterocycles. The molecule has 136 valence electrons. The fourth-order valence-electron chi connectivity index (χ4n) is 3.08. The second kappa shape index (κ2) is 7.39. The third-order valence-corrected chi connectivity index (χ3v) is 6.39. The first-order valence-electron chi connectivity index (χ1n) is 8.41. The summed E-state index contributed by atoms with van der Waals surface area (Å²) in [6, 6.07) is 12.9. The molecule has 1 aliphatic rings. The van der Waals surface area contributed by atoms with Gasteiger partial charge in [-0.2, -0.15) is 4.31 Å². The number of rotatable bonds is 6. The molecular formula is C19H20N2O4S. The molecule has 26 heavy (non-hydrogen) atoms. The summed E-state index contributed by atoms with van der Waals surface area (Å²) in [5.41, 5.74) is 6.45. The Morgan fingerprint density at radius 2 is 1.65 bits per heavy atom. The van der Waals surface area contributed by atoms with Crippen LogP contribution in [0.25, 0.3) is 0 Å². The molecule has 0 aliphatic carbocycles. The Morgan fingerprint density at radius 3 is 2.27 bits per heavy atom. The van der Waals surface area contributed by atoms with E-state index in [1.165, 1.54) is 22.5 Å². The van der Waals surface area contributed by atoms with Gasteiger partial charge in [-0.05, 0) is 30.5 Å². The molecule has 0 unspecified atom stereocenters. The van der Waals surface area contributed by atoms with Gasteiger partial charge in [0, 0.05) is 30.6 Å². The molecule has 1 amide bonds. The first kappa shape index (κ1) is 18.3. The number of nitrogens with zero attached hydrogens (tertiary/aromatic N) is 1. The molecule has 3 rings (SSSR count). The van der Waals surface area contributed by atoms with Crippen LogP contribution < -0.4 is 5.73 Å². The lowest BCUT2D eigenvalue weighted by atomic mass is 9.98. The fourth-order valence-corrected chi connectivity index (χ4v) is 4.62. The Labute approximate surface area is 152 Å². The van der Waals surface area contributed by atoms with Crippen molar-refractivity contribution in [2.24, 2.45) is 5.73 Å². The Balaban J connectivity index is 1.92. The van der Waals surface area contributed by atoms with E-state index in [4.69, 9.17) is 5.73 Å². The number of carbonyl (C=O) groups is 2. The highest BCUT2D eigenvalue weighted by molar-refractivity contribution is 7.89. The van der Waals surface area contributed by atoms with Crippen LogP contribution in [0.5, 0.6) is 0 Å². The minimum absolute atomic E-state index is 0.0215. The van der Waals surface area contributed by atoms with Gasteiger partial charge in [0.05, 0.1) is 4.90 Å². The summed E-state index contributed by atoms with van der Waals surface area (Å²) in [6.45, 7) is 0.949. The zero-order valence-electron chi connectivity index (χ0n) is 14.2. The van der Waals surface area contributed by atoms with Crippen LogP contribution in [0, 0.1) is 0 Å². The van der Waals surface area contributed by atoms with Crippen LogP contribution in [0.1, 0.15) is 39.1 Å². The van der Waals surface area contributed by atoms with E-state index in [0.29, 0.717) is 24.2 Å². The Morgan fingerprint density at radius 1 is 1.00 bits per heavy atom. The van der Waals surface area contributed by atoms with Crippen molar-refractivity contribution in [1.29, 1.82) is 0 Å². The highest BCUT2D eigenvalue weighted by atomic mass is 32.2. The molecule has 0 aromatic heterocycles. The van der Waals surface area contributed by atoms with E-state index in [1.807, 2.05) is 6.07 Å². The second-order valence-corrected chi connectivity index (χ2v) is 8.20. The van der Waals surface area contributed by atoms with Crippen molar-refractivity contribution in [2.45, 2.75) is 24.2 Å². The van der Waals surface area contributed by atoms with Crippen LogP contribution in [-0.2, 0) is 16.4 Å². The molecule has 2 N–H and O–H groups in total. The van der Waals surface area contributed by atoms with Gasteiger partial charge in [0.1, 0.15) is 0 Å². The molecule has 6 nitrogen and oxygen atoms in total. The second-order valence-electron chi connectivity index (χ2n) is 6.26. The van der Waals surface area contributed by atoms with Gasteiger partial charge in [-0.1, -0.05) is 36.4 Å². The number of nitrogens with two attached hydrogens (primary N) is 1. The number of Topliss-reactive ketones (excluding diaryl/α,β-unsaturated/α-hetero) is 1. The quantitative estimate of drug-likeness (QED) is 0.784.